The molecule has 0 spiro atoms. The van der Waals surface area contributed by atoms with Crippen molar-refractivity contribution in [1.82, 2.24) is 4.90 Å². The van der Waals surface area contributed by atoms with Crippen LogP contribution in [0.2, 0.25) is 5.04 Å². The van der Waals surface area contributed by atoms with Gasteiger partial charge < -0.3 is 18.8 Å². The minimum atomic E-state index is -2.85. The van der Waals surface area contributed by atoms with Gasteiger partial charge in [0.2, 0.25) is 0 Å². The molecule has 1 heterocycles. The molecule has 3 atom stereocenters. The first-order chi connectivity index (χ1) is 17.8. The predicted octanol–water partition coefficient (Wildman–Crippen LogP) is 5.52. The van der Waals surface area contributed by atoms with Crippen LogP contribution in [0.15, 0.2) is 60.7 Å². The van der Waals surface area contributed by atoms with Crippen molar-refractivity contribution < 1.29 is 23.5 Å². The van der Waals surface area contributed by atoms with Crippen molar-refractivity contribution in [2.24, 2.45) is 5.92 Å². The normalized spacial score (nSPS) is 19.2. The Morgan fingerprint density at radius 2 is 1.50 bits per heavy atom. The van der Waals surface area contributed by atoms with Crippen LogP contribution in [0.3, 0.4) is 0 Å². The van der Waals surface area contributed by atoms with Crippen LogP contribution in [-0.4, -0.2) is 62.0 Å². The minimum Gasteiger partial charge on any atom is -0.469 e. The summed E-state index contributed by atoms with van der Waals surface area (Å²) < 4.78 is 18.3. The maximum absolute atomic E-state index is 13.4. The maximum Gasteiger partial charge on any atom is 0.410 e. The van der Waals surface area contributed by atoms with Crippen molar-refractivity contribution in [3.05, 3.63) is 60.7 Å². The fourth-order valence-electron chi connectivity index (χ4n) is 5.50. The SMILES string of the molecule is COC(=O)C(CCBr)[C@H]1C[C@@H](O[Si](c2ccccc2)(c2ccccc2)C(C)(C)C)CN1C(=O)OC(C)(C)C. The van der Waals surface area contributed by atoms with Crippen molar-refractivity contribution in [2.75, 3.05) is 19.0 Å². The zero-order valence-electron chi connectivity index (χ0n) is 23.7. The van der Waals surface area contributed by atoms with Crippen LogP contribution in [0.25, 0.3) is 0 Å². The van der Waals surface area contributed by atoms with Crippen molar-refractivity contribution in [2.45, 2.75) is 77.2 Å². The van der Waals surface area contributed by atoms with E-state index in [1.54, 1.807) is 4.90 Å². The lowest BCUT2D eigenvalue weighted by molar-refractivity contribution is -0.147. The molecule has 1 saturated heterocycles. The summed E-state index contributed by atoms with van der Waals surface area (Å²) in [4.78, 5) is 28.0. The van der Waals surface area contributed by atoms with Crippen LogP contribution in [0, 0.1) is 5.92 Å². The highest BCUT2D eigenvalue weighted by molar-refractivity contribution is 9.09. The molecule has 1 fully saturated rings. The van der Waals surface area contributed by atoms with Crippen LogP contribution < -0.4 is 10.4 Å². The Labute approximate surface area is 237 Å². The first-order valence-corrected chi connectivity index (χ1v) is 16.3. The topological polar surface area (TPSA) is 65.1 Å². The summed E-state index contributed by atoms with van der Waals surface area (Å²) in [6.45, 7) is 12.6. The highest BCUT2D eigenvalue weighted by atomic mass is 79.9. The first kappa shape index (κ1) is 30.4. The zero-order valence-corrected chi connectivity index (χ0v) is 26.3. The molecule has 1 aliphatic rings. The van der Waals surface area contributed by atoms with Gasteiger partial charge in [-0.3, -0.25) is 4.79 Å². The molecule has 6 nitrogen and oxygen atoms in total. The Kier molecular flexibility index (Phi) is 9.87. The Bertz CT molecular complexity index is 1030. The third kappa shape index (κ3) is 6.69. The van der Waals surface area contributed by atoms with Gasteiger partial charge in [0, 0.05) is 11.9 Å². The van der Waals surface area contributed by atoms with E-state index in [1.165, 1.54) is 17.5 Å². The largest absolute Gasteiger partial charge is 0.469 e. The molecule has 0 bridgehead atoms. The second-order valence-electron chi connectivity index (χ2n) is 11.9. The molecule has 0 N–H and O–H groups in total. The van der Waals surface area contributed by atoms with Gasteiger partial charge in [-0.1, -0.05) is 97.4 Å². The molecule has 2 aromatic carbocycles. The third-order valence-corrected chi connectivity index (χ3v) is 12.6. The molecular weight excluding hydrogens is 562 g/mol. The van der Waals surface area contributed by atoms with E-state index >= 15 is 0 Å². The monoisotopic (exact) mass is 603 g/mol. The fourth-order valence-corrected chi connectivity index (χ4v) is 10.7. The summed E-state index contributed by atoms with van der Waals surface area (Å²) in [6, 6.07) is 20.5. The van der Waals surface area contributed by atoms with E-state index in [9.17, 15) is 9.59 Å². The van der Waals surface area contributed by atoms with Gasteiger partial charge >= 0.3 is 12.1 Å². The van der Waals surface area contributed by atoms with E-state index in [1.807, 2.05) is 32.9 Å². The standard InChI is InChI=1S/C30H42BrNO5Si/c1-29(2,3)36-28(34)32-21-22(20-26(32)25(18-19-31)27(33)35-7)37-38(30(4,5)6,23-14-10-8-11-15-23)24-16-12-9-13-17-24/h8-17,22,25-26H,18-21H2,1-7H3/t22-,25?,26-/m1/s1. The van der Waals surface area contributed by atoms with Gasteiger partial charge in [-0.15, -0.1) is 0 Å². The Balaban J connectivity index is 2.09. The van der Waals surface area contributed by atoms with Crippen LogP contribution in [0.1, 0.15) is 54.4 Å². The third-order valence-electron chi connectivity index (χ3n) is 7.08. The lowest BCUT2D eigenvalue weighted by Crippen LogP contribution is -2.67. The molecule has 0 radical (unpaired) electrons. The predicted molar refractivity (Wildman–Crippen MR) is 158 cm³/mol. The molecule has 8 heteroatoms. The van der Waals surface area contributed by atoms with E-state index in [4.69, 9.17) is 13.9 Å². The number of alkyl halides is 1. The Morgan fingerprint density at radius 1 is 0.974 bits per heavy atom. The average Bonchev–Trinajstić information content (AvgIpc) is 3.28. The van der Waals surface area contributed by atoms with E-state index in [-0.39, 0.29) is 17.1 Å². The number of halogens is 1. The van der Waals surface area contributed by atoms with E-state index in [0.29, 0.717) is 24.7 Å². The van der Waals surface area contributed by atoms with Gasteiger partial charge in [-0.05, 0) is 49.0 Å². The lowest BCUT2D eigenvalue weighted by Gasteiger charge is -2.44. The number of ether oxygens (including phenoxy) is 2. The number of benzene rings is 2. The summed E-state index contributed by atoms with van der Waals surface area (Å²) in [6.07, 6.45) is 0.361. The van der Waals surface area contributed by atoms with Gasteiger partial charge in [-0.25, -0.2) is 4.79 Å². The summed E-state index contributed by atoms with van der Waals surface area (Å²) in [5.41, 5.74) is -0.658. The van der Waals surface area contributed by atoms with Crippen molar-refractivity contribution in [3.8, 4) is 0 Å². The number of hydrogen-bond acceptors (Lipinski definition) is 5. The Hall–Kier alpha value is -2.16. The summed E-state index contributed by atoms with van der Waals surface area (Å²) in [5, 5.41) is 2.76. The van der Waals surface area contributed by atoms with Gasteiger partial charge in [0.25, 0.3) is 8.32 Å². The van der Waals surface area contributed by atoms with Crippen LogP contribution >= 0.6 is 15.9 Å². The number of amides is 1. The maximum atomic E-state index is 13.4. The summed E-state index contributed by atoms with van der Waals surface area (Å²) >= 11 is 3.48. The number of rotatable bonds is 8. The number of carbonyl (C=O) groups is 2. The molecule has 0 saturated carbocycles. The van der Waals surface area contributed by atoms with E-state index in [0.717, 1.165) is 0 Å². The molecule has 0 aliphatic carbocycles. The van der Waals surface area contributed by atoms with Gasteiger partial charge in [0.05, 0.1) is 25.2 Å². The average molecular weight is 605 g/mol. The first-order valence-electron chi connectivity index (χ1n) is 13.3. The minimum absolute atomic E-state index is 0.206. The molecule has 1 aliphatic heterocycles. The smallest absolute Gasteiger partial charge is 0.410 e. The molecule has 0 aromatic heterocycles. The highest BCUT2D eigenvalue weighted by Crippen LogP contribution is 2.40. The molecule has 2 aromatic rings. The quantitative estimate of drug-likeness (QED) is 0.226. The zero-order chi connectivity index (χ0) is 28.1. The molecular formula is C30H42BrNO5Si. The van der Waals surface area contributed by atoms with Gasteiger partial charge in [0.15, 0.2) is 0 Å². The molecule has 38 heavy (non-hydrogen) atoms. The van der Waals surface area contributed by atoms with Crippen molar-refractivity contribution in [3.63, 3.8) is 0 Å². The summed E-state index contributed by atoms with van der Waals surface area (Å²) in [7, 11) is -1.45. The molecule has 1 unspecified atom stereocenters. The van der Waals surface area contributed by atoms with E-state index in [2.05, 4.69) is 85.2 Å². The van der Waals surface area contributed by atoms with Gasteiger partial charge in [-0.2, -0.15) is 0 Å². The number of carbonyl (C=O) groups excluding carboxylic acids is 2. The van der Waals surface area contributed by atoms with E-state index < -0.39 is 32.0 Å². The second-order valence-corrected chi connectivity index (χ2v) is 17.0. The van der Waals surface area contributed by atoms with Crippen molar-refractivity contribution in [1.29, 1.82) is 0 Å². The van der Waals surface area contributed by atoms with Crippen LogP contribution in [0.4, 0.5) is 4.79 Å². The van der Waals surface area contributed by atoms with Crippen molar-refractivity contribution >= 4 is 46.7 Å². The lowest BCUT2D eigenvalue weighted by atomic mass is 9.94. The molecule has 3 rings (SSSR count). The molecule has 1 amide bonds. The number of likely N-dealkylation sites (tertiary alicyclic amines) is 1. The number of nitrogens with zero attached hydrogens (tertiary/aromatic N) is 1. The number of esters is 1. The van der Waals surface area contributed by atoms with Gasteiger partial charge in [0.1, 0.15) is 5.60 Å². The van der Waals surface area contributed by atoms with Crippen LogP contribution in [-0.2, 0) is 18.7 Å². The highest BCUT2D eigenvalue weighted by Gasteiger charge is 2.54. The number of methoxy groups -OCH3 is 1. The fraction of sp³-hybridized carbons (Fsp3) is 0.533. The van der Waals surface area contributed by atoms with Crippen LogP contribution in [0.5, 0.6) is 0 Å². The summed E-state index contributed by atoms with van der Waals surface area (Å²) in [5.74, 6) is -0.811. The molecule has 208 valence electrons. The second kappa shape index (κ2) is 12.3. The number of hydrogen-bond donors (Lipinski definition) is 0. The Morgan fingerprint density at radius 3 is 1.92 bits per heavy atom.